The van der Waals surface area contributed by atoms with Crippen molar-refractivity contribution in [2.75, 3.05) is 7.05 Å². The zero-order valence-electron chi connectivity index (χ0n) is 9.92. The second kappa shape index (κ2) is 5.45. The minimum absolute atomic E-state index is 0.0890. The molecule has 0 bridgehead atoms. The van der Waals surface area contributed by atoms with Gasteiger partial charge in [0, 0.05) is 6.54 Å². The van der Waals surface area contributed by atoms with Crippen LogP contribution in [0.4, 0.5) is 8.78 Å². The molecule has 2 rings (SSSR count). The summed E-state index contributed by atoms with van der Waals surface area (Å²) in [6, 6.07) is 2.61. The number of nitrogens with zero attached hydrogens (tertiary/aromatic N) is 2. The lowest BCUT2D eigenvalue weighted by molar-refractivity contribution is 0.535. The van der Waals surface area contributed by atoms with Gasteiger partial charge in [0.15, 0.2) is 0 Å². The summed E-state index contributed by atoms with van der Waals surface area (Å²) in [5, 5.41) is 9.59. The third-order valence-electron chi connectivity index (χ3n) is 2.21. The molecule has 0 aliphatic heterocycles. The average Bonchev–Trinajstić information content (AvgIpc) is 2.70. The molecule has 0 unspecified atom stereocenters. The molecule has 1 aromatic carbocycles. The Morgan fingerprint density at radius 1 is 1.33 bits per heavy atom. The van der Waals surface area contributed by atoms with Gasteiger partial charge in [-0.3, -0.25) is 5.10 Å². The largest absolute Gasteiger partial charge is 0.316 e. The van der Waals surface area contributed by atoms with E-state index in [0.29, 0.717) is 23.1 Å². The minimum atomic E-state index is -0.604. The van der Waals surface area contributed by atoms with Gasteiger partial charge in [-0.15, -0.1) is 5.10 Å². The van der Waals surface area contributed by atoms with Crippen molar-refractivity contribution in [3.8, 4) is 0 Å². The van der Waals surface area contributed by atoms with Crippen LogP contribution in [0.25, 0.3) is 0 Å². The summed E-state index contributed by atoms with van der Waals surface area (Å²) in [4.78, 5) is 3.91. The van der Waals surface area contributed by atoms with Gasteiger partial charge in [-0.1, -0.05) is 0 Å². The summed E-state index contributed by atoms with van der Waals surface area (Å²) >= 11 is 0.865. The van der Waals surface area contributed by atoms with E-state index in [9.17, 15) is 8.78 Å². The van der Waals surface area contributed by atoms with E-state index in [2.05, 4.69) is 20.5 Å². The minimum Gasteiger partial charge on any atom is -0.316 e. The van der Waals surface area contributed by atoms with Gasteiger partial charge < -0.3 is 5.32 Å². The molecule has 0 aliphatic carbocycles. The van der Waals surface area contributed by atoms with Crippen molar-refractivity contribution in [3.63, 3.8) is 0 Å². The number of rotatable bonds is 4. The number of hydrogen-bond donors (Lipinski definition) is 2. The van der Waals surface area contributed by atoms with Crippen LogP contribution in [0.2, 0.25) is 0 Å². The molecule has 1 aromatic heterocycles. The molecular weight excluding hydrogens is 258 g/mol. The Balaban J connectivity index is 2.28. The fraction of sp³-hybridized carbons (Fsp3) is 0.273. The molecule has 7 heteroatoms. The van der Waals surface area contributed by atoms with Gasteiger partial charge in [-0.2, -0.15) is 0 Å². The Morgan fingerprint density at radius 3 is 2.50 bits per heavy atom. The standard InChI is InChI=1S/C11H12F2N4S/c1-6-15-11(17-16-6)18-10-8(12)3-7(5-14-2)4-9(10)13/h3-4,14H,5H2,1-2H3,(H,15,16,17). The summed E-state index contributed by atoms with van der Waals surface area (Å²) in [5.74, 6) is -0.606. The van der Waals surface area contributed by atoms with E-state index in [0.717, 1.165) is 11.8 Å². The lowest BCUT2D eigenvalue weighted by Gasteiger charge is -2.05. The summed E-state index contributed by atoms with van der Waals surface area (Å²) in [5.41, 5.74) is 0.558. The van der Waals surface area contributed by atoms with Gasteiger partial charge in [0.05, 0.1) is 4.90 Å². The van der Waals surface area contributed by atoms with Crippen molar-refractivity contribution in [2.24, 2.45) is 0 Å². The maximum Gasteiger partial charge on any atom is 0.213 e. The van der Waals surface area contributed by atoms with Crippen LogP contribution < -0.4 is 5.32 Å². The normalized spacial score (nSPS) is 10.9. The number of hydrogen-bond acceptors (Lipinski definition) is 4. The van der Waals surface area contributed by atoms with Gasteiger partial charge in [0.2, 0.25) is 5.16 Å². The molecule has 0 fully saturated rings. The summed E-state index contributed by atoms with van der Waals surface area (Å²) < 4.78 is 27.5. The lowest BCUT2D eigenvalue weighted by Crippen LogP contribution is -2.06. The zero-order chi connectivity index (χ0) is 13.1. The highest BCUT2D eigenvalue weighted by molar-refractivity contribution is 7.99. The summed E-state index contributed by atoms with van der Waals surface area (Å²) in [6.45, 7) is 2.14. The highest BCUT2D eigenvalue weighted by Gasteiger charge is 2.14. The molecule has 1 heterocycles. The van der Waals surface area contributed by atoms with Crippen LogP contribution >= 0.6 is 11.8 Å². The van der Waals surface area contributed by atoms with E-state index in [4.69, 9.17) is 0 Å². The molecule has 0 atom stereocenters. The second-order valence-electron chi connectivity index (χ2n) is 3.72. The number of H-pyrrole nitrogens is 1. The highest BCUT2D eigenvalue weighted by atomic mass is 32.2. The smallest absolute Gasteiger partial charge is 0.213 e. The number of benzene rings is 1. The Kier molecular flexibility index (Phi) is 3.93. The quantitative estimate of drug-likeness (QED) is 0.895. The first-order chi connectivity index (χ1) is 8.60. The predicted octanol–water partition coefficient (Wildman–Crippen LogP) is 2.26. The fourth-order valence-corrected chi connectivity index (χ4v) is 2.24. The second-order valence-corrected chi connectivity index (χ2v) is 4.70. The van der Waals surface area contributed by atoms with E-state index in [1.165, 1.54) is 12.1 Å². The monoisotopic (exact) mass is 270 g/mol. The highest BCUT2D eigenvalue weighted by Crippen LogP contribution is 2.30. The maximum absolute atomic E-state index is 13.8. The Hall–Kier alpha value is -1.47. The van der Waals surface area contributed by atoms with Crippen molar-refractivity contribution in [1.82, 2.24) is 20.5 Å². The van der Waals surface area contributed by atoms with Crippen LogP contribution in [0, 0.1) is 18.6 Å². The topological polar surface area (TPSA) is 53.6 Å². The molecule has 18 heavy (non-hydrogen) atoms. The van der Waals surface area contributed by atoms with Crippen LogP contribution in [-0.4, -0.2) is 22.2 Å². The average molecular weight is 270 g/mol. The molecule has 96 valence electrons. The fourth-order valence-electron chi connectivity index (χ4n) is 1.48. The van der Waals surface area contributed by atoms with E-state index < -0.39 is 11.6 Å². The van der Waals surface area contributed by atoms with Crippen LogP contribution in [0.15, 0.2) is 22.2 Å². The van der Waals surface area contributed by atoms with Gasteiger partial charge in [-0.25, -0.2) is 13.8 Å². The van der Waals surface area contributed by atoms with Gasteiger partial charge in [-0.05, 0) is 43.4 Å². The summed E-state index contributed by atoms with van der Waals surface area (Å²) in [6.07, 6.45) is 0. The van der Waals surface area contributed by atoms with Crippen molar-refractivity contribution in [3.05, 3.63) is 35.2 Å². The number of halogens is 2. The third-order valence-corrected chi connectivity index (χ3v) is 3.17. The number of nitrogens with one attached hydrogen (secondary N) is 2. The molecule has 0 aliphatic rings. The van der Waals surface area contributed by atoms with Gasteiger partial charge in [0.1, 0.15) is 17.5 Å². The Labute approximate surface area is 107 Å². The Morgan fingerprint density at radius 2 is 2.00 bits per heavy atom. The van der Waals surface area contributed by atoms with Crippen molar-refractivity contribution < 1.29 is 8.78 Å². The number of aromatic amines is 1. The first-order valence-corrected chi connectivity index (χ1v) is 6.11. The zero-order valence-corrected chi connectivity index (χ0v) is 10.7. The first kappa shape index (κ1) is 13.0. The SMILES string of the molecule is CNCc1cc(F)c(Sc2n[nH]c(C)n2)c(F)c1. The molecule has 2 aromatic rings. The maximum atomic E-state index is 13.8. The van der Waals surface area contributed by atoms with E-state index >= 15 is 0 Å². The molecular formula is C11H12F2N4S. The van der Waals surface area contributed by atoms with Crippen LogP contribution in [0.3, 0.4) is 0 Å². The first-order valence-electron chi connectivity index (χ1n) is 5.29. The van der Waals surface area contributed by atoms with Crippen molar-refractivity contribution in [1.29, 1.82) is 0 Å². The molecule has 0 saturated carbocycles. The van der Waals surface area contributed by atoms with Crippen molar-refractivity contribution >= 4 is 11.8 Å². The third kappa shape index (κ3) is 2.85. The van der Waals surface area contributed by atoms with Crippen LogP contribution in [-0.2, 0) is 6.54 Å². The van der Waals surface area contributed by atoms with Crippen LogP contribution in [0.1, 0.15) is 11.4 Å². The van der Waals surface area contributed by atoms with E-state index in [1.54, 1.807) is 14.0 Å². The predicted molar refractivity (Wildman–Crippen MR) is 64.4 cm³/mol. The van der Waals surface area contributed by atoms with Crippen LogP contribution in [0.5, 0.6) is 0 Å². The molecule has 0 radical (unpaired) electrons. The van der Waals surface area contributed by atoms with E-state index in [1.807, 2.05) is 0 Å². The van der Waals surface area contributed by atoms with Crippen molar-refractivity contribution in [2.45, 2.75) is 23.5 Å². The van der Waals surface area contributed by atoms with E-state index in [-0.39, 0.29) is 4.90 Å². The number of aryl methyl sites for hydroxylation is 1. The molecule has 4 nitrogen and oxygen atoms in total. The summed E-state index contributed by atoms with van der Waals surface area (Å²) in [7, 11) is 1.72. The molecule has 0 amide bonds. The number of aromatic nitrogens is 3. The molecule has 0 saturated heterocycles. The lowest BCUT2D eigenvalue weighted by atomic mass is 10.2. The Bertz CT molecular complexity index is 533. The van der Waals surface area contributed by atoms with Gasteiger partial charge >= 0.3 is 0 Å². The molecule has 0 spiro atoms. The van der Waals surface area contributed by atoms with Gasteiger partial charge in [0.25, 0.3) is 0 Å². The molecule has 2 N–H and O–H groups in total.